The highest BCUT2D eigenvalue weighted by atomic mass is 19.4. The number of benzene rings is 1. The van der Waals surface area contributed by atoms with Gasteiger partial charge in [-0.15, -0.1) is 0 Å². The number of hydrogen-bond acceptors (Lipinski definition) is 4. The molecule has 0 spiro atoms. The molecular formula is C21H17F3N4O2. The molecule has 154 valence electrons. The molecule has 1 aliphatic heterocycles. The molecule has 1 aliphatic rings. The summed E-state index contributed by atoms with van der Waals surface area (Å²) in [7, 11) is 0. The zero-order valence-electron chi connectivity index (χ0n) is 15.7. The van der Waals surface area contributed by atoms with Crippen molar-refractivity contribution in [1.29, 1.82) is 0 Å². The van der Waals surface area contributed by atoms with Gasteiger partial charge in [-0.05, 0) is 37.1 Å². The standard InChI is InChI=1S/C21H17F3N4O2/c22-21(23,24)15-5-2-1-4-14(15)20(30)27-16-6-3-11-28-18(29)12-17(26-19(16)28)13-7-9-25-10-8-13/h1-2,4-5,7-10,12,16H,3,6,11H2,(H,27,30). The number of nitrogens with one attached hydrogen (secondary N) is 1. The lowest BCUT2D eigenvalue weighted by molar-refractivity contribution is -0.137. The average molecular weight is 414 g/mol. The lowest BCUT2D eigenvalue weighted by Gasteiger charge is -2.27. The van der Waals surface area contributed by atoms with Crippen molar-refractivity contribution < 1.29 is 18.0 Å². The normalized spacial score (nSPS) is 16.0. The first-order chi connectivity index (χ1) is 14.3. The molecule has 9 heteroatoms. The van der Waals surface area contributed by atoms with Crippen LogP contribution in [0, 0.1) is 0 Å². The second kappa shape index (κ2) is 7.74. The molecule has 0 saturated heterocycles. The molecule has 4 rings (SSSR count). The van der Waals surface area contributed by atoms with Gasteiger partial charge in [0.1, 0.15) is 5.82 Å². The maximum absolute atomic E-state index is 13.3. The Bertz CT molecular complexity index is 1140. The van der Waals surface area contributed by atoms with Gasteiger partial charge >= 0.3 is 6.18 Å². The first-order valence-corrected chi connectivity index (χ1v) is 9.34. The van der Waals surface area contributed by atoms with E-state index in [0.29, 0.717) is 36.5 Å². The van der Waals surface area contributed by atoms with E-state index in [1.165, 1.54) is 22.8 Å². The molecule has 0 radical (unpaired) electrons. The molecule has 0 bridgehead atoms. The van der Waals surface area contributed by atoms with Gasteiger partial charge in [0.25, 0.3) is 11.5 Å². The fraction of sp³-hybridized carbons (Fsp3) is 0.238. The van der Waals surface area contributed by atoms with Crippen LogP contribution < -0.4 is 10.9 Å². The minimum absolute atomic E-state index is 0.276. The Morgan fingerprint density at radius 3 is 2.60 bits per heavy atom. The number of carbonyl (C=O) groups is 1. The molecule has 3 heterocycles. The smallest absolute Gasteiger partial charge is 0.342 e. The number of amides is 1. The summed E-state index contributed by atoms with van der Waals surface area (Å²) >= 11 is 0. The van der Waals surface area contributed by atoms with Gasteiger partial charge in [0.05, 0.1) is 22.9 Å². The van der Waals surface area contributed by atoms with Crippen molar-refractivity contribution in [2.24, 2.45) is 0 Å². The number of pyridine rings is 1. The van der Waals surface area contributed by atoms with Crippen LogP contribution in [-0.4, -0.2) is 20.4 Å². The van der Waals surface area contributed by atoms with Gasteiger partial charge in [-0.3, -0.25) is 19.1 Å². The summed E-state index contributed by atoms with van der Waals surface area (Å²) in [6, 6.07) is 8.75. The minimum atomic E-state index is -4.65. The number of aromatic nitrogens is 3. The predicted molar refractivity (Wildman–Crippen MR) is 103 cm³/mol. The van der Waals surface area contributed by atoms with E-state index in [9.17, 15) is 22.8 Å². The second-order valence-electron chi connectivity index (χ2n) is 6.94. The van der Waals surface area contributed by atoms with Gasteiger partial charge in [0.15, 0.2) is 0 Å². The Balaban J connectivity index is 1.70. The van der Waals surface area contributed by atoms with E-state index in [4.69, 9.17) is 0 Å². The van der Waals surface area contributed by atoms with E-state index in [1.807, 2.05) is 0 Å². The number of carbonyl (C=O) groups excluding carboxylic acids is 1. The number of hydrogen-bond donors (Lipinski definition) is 1. The number of fused-ring (bicyclic) bond motifs is 1. The number of rotatable bonds is 3. The Hall–Kier alpha value is -3.49. The molecule has 6 nitrogen and oxygen atoms in total. The monoisotopic (exact) mass is 414 g/mol. The first kappa shape index (κ1) is 19.8. The molecule has 3 aromatic rings. The topological polar surface area (TPSA) is 76.9 Å². The summed E-state index contributed by atoms with van der Waals surface area (Å²) in [6.45, 7) is 0.434. The predicted octanol–water partition coefficient (Wildman–Crippen LogP) is 3.59. The molecule has 30 heavy (non-hydrogen) atoms. The van der Waals surface area contributed by atoms with E-state index in [1.54, 1.807) is 24.5 Å². The van der Waals surface area contributed by atoms with Crippen LogP contribution in [0.3, 0.4) is 0 Å². The Morgan fingerprint density at radius 1 is 1.13 bits per heavy atom. The Morgan fingerprint density at radius 2 is 1.87 bits per heavy atom. The Labute approximate surface area is 169 Å². The SMILES string of the molecule is O=C(NC1CCCn2c1nc(-c1ccncc1)cc2=O)c1ccccc1C(F)(F)F. The van der Waals surface area contributed by atoms with Gasteiger partial charge in [0.2, 0.25) is 0 Å². The summed E-state index contributed by atoms with van der Waals surface area (Å²) in [5, 5.41) is 2.64. The van der Waals surface area contributed by atoms with Crippen LogP contribution in [0.25, 0.3) is 11.3 Å². The third-order valence-electron chi connectivity index (χ3n) is 4.98. The van der Waals surface area contributed by atoms with Crippen LogP contribution in [-0.2, 0) is 12.7 Å². The maximum Gasteiger partial charge on any atom is 0.417 e. The Kier molecular flexibility index (Phi) is 5.11. The summed E-state index contributed by atoms with van der Waals surface area (Å²) in [6.07, 6.45) is -0.452. The average Bonchev–Trinajstić information content (AvgIpc) is 2.74. The summed E-state index contributed by atoms with van der Waals surface area (Å²) in [4.78, 5) is 33.8. The van der Waals surface area contributed by atoms with Crippen LogP contribution in [0.15, 0.2) is 59.7 Å². The first-order valence-electron chi connectivity index (χ1n) is 9.34. The summed E-state index contributed by atoms with van der Waals surface area (Å²) in [5.41, 5.74) is -0.639. The lowest BCUT2D eigenvalue weighted by atomic mass is 10.0. The molecule has 1 amide bonds. The van der Waals surface area contributed by atoms with Crippen molar-refractivity contribution in [3.8, 4) is 11.3 Å². The maximum atomic E-state index is 13.3. The van der Waals surface area contributed by atoms with E-state index >= 15 is 0 Å². The van der Waals surface area contributed by atoms with Gasteiger partial charge in [0, 0.05) is 30.6 Å². The lowest BCUT2D eigenvalue weighted by Crippen LogP contribution is -2.38. The van der Waals surface area contributed by atoms with Crippen LogP contribution >= 0.6 is 0 Å². The van der Waals surface area contributed by atoms with E-state index < -0.39 is 29.3 Å². The van der Waals surface area contributed by atoms with Crippen molar-refractivity contribution in [2.45, 2.75) is 31.6 Å². The minimum Gasteiger partial charge on any atom is -0.342 e. The van der Waals surface area contributed by atoms with Crippen molar-refractivity contribution in [2.75, 3.05) is 0 Å². The summed E-state index contributed by atoms with van der Waals surface area (Å²) < 4.78 is 41.3. The molecule has 1 N–H and O–H groups in total. The summed E-state index contributed by atoms with van der Waals surface area (Å²) in [5.74, 6) is -0.525. The molecule has 1 atom stereocenters. The molecular weight excluding hydrogens is 397 g/mol. The van der Waals surface area contributed by atoms with E-state index in [0.717, 1.165) is 12.1 Å². The third kappa shape index (κ3) is 3.83. The largest absolute Gasteiger partial charge is 0.417 e. The van der Waals surface area contributed by atoms with Crippen LogP contribution in [0.2, 0.25) is 0 Å². The van der Waals surface area contributed by atoms with Crippen molar-refractivity contribution >= 4 is 5.91 Å². The van der Waals surface area contributed by atoms with Gasteiger partial charge in [-0.2, -0.15) is 13.2 Å². The fourth-order valence-corrected chi connectivity index (χ4v) is 3.57. The van der Waals surface area contributed by atoms with E-state index in [-0.39, 0.29) is 5.56 Å². The van der Waals surface area contributed by atoms with Gasteiger partial charge in [-0.1, -0.05) is 12.1 Å². The van der Waals surface area contributed by atoms with Crippen molar-refractivity contribution in [3.63, 3.8) is 0 Å². The highest BCUT2D eigenvalue weighted by molar-refractivity contribution is 5.96. The van der Waals surface area contributed by atoms with Crippen LogP contribution in [0.1, 0.15) is 40.6 Å². The quantitative estimate of drug-likeness (QED) is 0.711. The van der Waals surface area contributed by atoms with Crippen molar-refractivity contribution in [3.05, 3.63) is 82.2 Å². The number of halogens is 3. The zero-order valence-corrected chi connectivity index (χ0v) is 15.7. The van der Waals surface area contributed by atoms with Gasteiger partial charge < -0.3 is 5.32 Å². The second-order valence-corrected chi connectivity index (χ2v) is 6.94. The van der Waals surface area contributed by atoms with Crippen LogP contribution in [0.4, 0.5) is 13.2 Å². The number of nitrogens with zero attached hydrogens (tertiary/aromatic N) is 3. The molecule has 0 aliphatic carbocycles. The zero-order chi connectivity index (χ0) is 21.3. The van der Waals surface area contributed by atoms with Crippen LogP contribution in [0.5, 0.6) is 0 Å². The molecule has 1 aromatic carbocycles. The number of alkyl halides is 3. The molecule has 0 fully saturated rings. The highest BCUT2D eigenvalue weighted by Gasteiger charge is 2.35. The fourth-order valence-electron chi connectivity index (χ4n) is 3.57. The third-order valence-corrected chi connectivity index (χ3v) is 4.98. The highest BCUT2D eigenvalue weighted by Crippen LogP contribution is 2.32. The molecule has 1 unspecified atom stereocenters. The van der Waals surface area contributed by atoms with E-state index in [2.05, 4.69) is 15.3 Å². The van der Waals surface area contributed by atoms with Gasteiger partial charge in [-0.25, -0.2) is 4.98 Å². The molecule has 2 aromatic heterocycles. The van der Waals surface area contributed by atoms with Crippen molar-refractivity contribution in [1.82, 2.24) is 19.9 Å². The molecule has 0 saturated carbocycles.